The average molecular weight is 312 g/mol. The molecule has 1 aliphatic rings. The van der Waals surface area contributed by atoms with Crippen LogP contribution in [-0.4, -0.2) is 12.3 Å². The molecule has 0 saturated heterocycles. The minimum absolute atomic E-state index is 0.889. The van der Waals surface area contributed by atoms with Gasteiger partial charge in [-0.3, -0.25) is 4.99 Å². The number of halogens is 1. The molecule has 1 aliphatic heterocycles. The molecular formula is C17H14BrN. The lowest BCUT2D eigenvalue weighted by atomic mass is 10.00. The van der Waals surface area contributed by atoms with Gasteiger partial charge in [0.15, 0.2) is 0 Å². The molecule has 2 aromatic rings. The van der Waals surface area contributed by atoms with Crippen LogP contribution in [0.3, 0.4) is 0 Å². The van der Waals surface area contributed by atoms with Gasteiger partial charge in [0.2, 0.25) is 0 Å². The number of benzene rings is 2. The summed E-state index contributed by atoms with van der Waals surface area (Å²) in [6.45, 7) is 0.889. The first kappa shape index (κ1) is 12.4. The van der Waals surface area contributed by atoms with Gasteiger partial charge >= 0.3 is 0 Å². The Morgan fingerprint density at radius 1 is 0.947 bits per heavy atom. The van der Waals surface area contributed by atoms with Gasteiger partial charge in [0.25, 0.3) is 0 Å². The zero-order valence-corrected chi connectivity index (χ0v) is 12.1. The fourth-order valence-electron chi connectivity index (χ4n) is 2.30. The first-order valence-electron chi connectivity index (χ1n) is 6.40. The molecule has 0 atom stereocenters. The lowest BCUT2D eigenvalue weighted by molar-refractivity contribution is 1.05. The van der Waals surface area contributed by atoms with Gasteiger partial charge in [0.05, 0.1) is 5.71 Å². The van der Waals surface area contributed by atoms with E-state index >= 15 is 0 Å². The highest BCUT2D eigenvalue weighted by Gasteiger charge is 2.15. The lowest BCUT2D eigenvalue weighted by Gasteiger charge is -2.05. The third kappa shape index (κ3) is 2.69. The van der Waals surface area contributed by atoms with Crippen LogP contribution in [0.2, 0.25) is 0 Å². The minimum atomic E-state index is 0.889. The quantitative estimate of drug-likeness (QED) is 0.760. The molecule has 0 radical (unpaired) electrons. The van der Waals surface area contributed by atoms with E-state index in [1.54, 1.807) is 0 Å². The monoisotopic (exact) mass is 311 g/mol. The van der Waals surface area contributed by atoms with E-state index in [1.807, 2.05) is 12.1 Å². The second-order valence-corrected chi connectivity index (χ2v) is 5.39. The van der Waals surface area contributed by atoms with Crippen molar-refractivity contribution in [3.05, 3.63) is 75.8 Å². The normalized spacial score (nSPS) is 16.7. The summed E-state index contributed by atoms with van der Waals surface area (Å²) < 4.78 is 1.13. The molecule has 0 aliphatic carbocycles. The van der Waals surface area contributed by atoms with Crippen molar-refractivity contribution in [2.24, 2.45) is 4.99 Å². The SMILES string of the molecule is Brc1ccccc1/C=C1/CCN=C1c1ccccc1. The summed E-state index contributed by atoms with van der Waals surface area (Å²) >= 11 is 3.60. The zero-order chi connectivity index (χ0) is 13.1. The van der Waals surface area contributed by atoms with Crippen LogP contribution < -0.4 is 0 Å². The van der Waals surface area contributed by atoms with Crippen molar-refractivity contribution in [2.45, 2.75) is 6.42 Å². The zero-order valence-electron chi connectivity index (χ0n) is 10.5. The van der Waals surface area contributed by atoms with Crippen LogP contribution in [0.15, 0.2) is 69.6 Å². The smallest absolute Gasteiger partial charge is 0.0679 e. The van der Waals surface area contributed by atoms with Gasteiger partial charge in [0.1, 0.15) is 0 Å². The average Bonchev–Trinajstić information content (AvgIpc) is 2.91. The summed E-state index contributed by atoms with van der Waals surface area (Å²) in [6.07, 6.45) is 3.26. The van der Waals surface area contributed by atoms with Crippen LogP contribution in [0.4, 0.5) is 0 Å². The molecule has 94 valence electrons. The van der Waals surface area contributed by atoms with Crippen LogP contribution >= 0.6 is 15.9 Å². The molecule has 3 rings (SSSR count). The van der Waals surface area contributed by atoms with Crippen LogP contribution in [0.1, 0.15) is 17.5 Å². The predicted molar refractivity (Wildman–Crippen MR) is 84.6 cm³/mol. The first-order valence-corrected chi connectivity index (χ1v) is 7.19. The highest BCUT2D eigenvalue weighted by molar-refractivity contribution is 9.10. The van der Waals surface area contributed by atoms with E-state index in [4.69, 9.17) is 0 Å². The van der Waals surface area contributed by atoms with Crippen molar-refractivity contribution in [3.8, 4) is 0 Å². The number of hydrogen-bond donors (Lipinski definition) is 0. The Bertz CT molecular complexity index is 641. The standard InChI is InChI=1S/C17H14BrN/c18-16-9-5-4-8-14(16)12-15-10-11-19-17(15)13-6-2-1-3-7-13/h1-9,12H,10-11H2/b15-12-. The topological polar surface area (TPSA) is 12.4 Å². The minimum Gasteiger partial charge on any atom is -0.284 e. The summed E-state index contributed by atoms with van der Waals surface area (Å²) in [5.74, 6) is 0. The molecule has 1 nitrogen and oxygen atoms in total. The number of aliphatic imine (C=N–C) groups is 1. The van der Waals surface area contributed by atoms with E-state index in [2.05, 4.69) is 69.5 Å². The largest absolute Gasteiger partial charge is 0.284 e. The maximum atomic E-state index is 4.65. The number of hydrogen-bond acceptors (Lipinski definition) is 1. The van der Waals surface area contributed by atoms with E-state index in [0.29, 0.717) is 0 Å². The summed E-state index contributed by atoms with van der Waals surface area (Å²) in [5, 5.41) is 0. The van der Waals surface area contributed by atoms with Crippen LogP contribution in [0.25, 0.3) is 6.08 Å². The summed E-state index contributed by atoms with van der Waals surface area (Å²) in [6, 6.07) is 18.7. The maximum Gasteiger partial charge on any atom is 0.0679 e. The Morgan fingerprint density at radius 3 is 2.47 bits per heavy atom. The molecule has 1 heterocycles. The van der Waals surface area contributed by atoms with E-state index in [9.17, 15) is 0 Å². The second-order valence-electron chi connectivity index (χ2n) is 4.54. The van der Waals surface area contributed by atoms with E-state index in [1.165, 1.54) is 16.7 Å². The molecule has 0 bridgehead atoms. The van der Waals surface area contributed by atoms with Gasteiger partial charge < -0.3 is 0 Å². The van der Waals surface area contributed by atoms with Gasteiger partial charge in [-0.05, 0) is 35.3 Å². The van der Waals surface area contributed by atoms with E-state index in [0.717, 1.165) is 23.1 Å². The molecule has 0 saturated carbocycles. The Kier molecular flexibility index (Phi) is 3.60. The molecule has 2 aromatic carbocycles. The predicted octanol–water partition coefficient (Wildman–Crippen LogP) is 4.73. The maximum absolute atomic E-state index is 4.65. The van der Waals surface area contributed by atoms with Crippen molar-refractivity contribution < 1.29 is 0 Å². The van der Waals surface area contributed by atoms with Gasteiger partial charge in [-0.25, -0.2) is 0 Å². The van der Waals surface area contributed by atoms with Gasteiger partial charge in [-0.1, -0.05) is 64.5 Å². The Balaban J connectivity index is 1.98. The van der Waals surface area contributed by atoms with Crippen LogP contribution in [-0.2, 0) is 0 Å². The number of nitrogens with zero attached hydrogens (tertiary/aromatic N) is 1. The first-order chi connectivity index (χ1) is 9.34. The summed E-state index contributed by atoms with van der Waals surface area (Å²) in [5.41, 5.74) is 4.87. The Labute approximate surface area is 121 Å². The molecule has 0 fully saturated rings. The third-order valence-corrected chi connectivity index (χ3v) is 3.96. The molecule has 0 N–H and O–H groups in total. The van der Waals surface area contributed by atoms with Crippen molar-refractivity contribution in [1.82, 2.24) is 0 Å². The highest BCUT2D eigenvalue weighted by atomic mass is 79.9. The van der Waals surface area contributed by atoms with Gasteiger partial charge in [-0.15, -0.1) is 0 Å². The Morgan fingerprint density at radius 2 is 1.68 bits per heavy atom. The van der Waals surface area contributed by atoms with Crippen molar-refractivity contribution in [3.63, 3.8) is 0 Å². The van der Waals surface area contributed by atoms with Gasteiger partial charge in [-0.2, -0.15) is 0 Å². The molecule has 0 spiro atoms. The van der Waals surface area contributed by atoms with E-state index < -0.39 is 0 Å². The summed E-state index contributed by atoms with van der Waals surface area (Å²) in [4.78, 5) is 4.65. The molecule has 0 aromatic heterocycles. The lowest BCUT2D eigenvalue weighted by Crippen LogP contribution is -1.99. The van der Waals surface area contributed by atoms with Gasteiger partial charge in [0, 0.05) is 11.0 Å². The van der Waals surface area contributed by atoms with Crippen molar-refractivity contribution >= 4 is 27.7 Å². The van der Waals surface area contributed by atoms with Crippen LogP contribution in [0, 0.1) is 0 Å². The van der Waals surface area contributed by atoms with Crippen LogP contribution in [0.5, 0.6) is 0 Å². The van der Waals surface area contributed by atoms with Crippen molar-refractivity contribution in [2.75, 3.05) is 6.54 Å². The fraction of sp³-hybridized carbons (Fsp3) is 0.118. The number of rotatable bonds is 2. The highest BCUT2D eigenvalue weighted by Crippen LogP contribution is 2.25. The fourth-order valence-corrected chi connectivity index (χ4v) is 2.70. The van der Waals surface area contributed by atoms with Crippen molar-refractivity contribution in [1.29, 1.82) is 0 Å². The summed E-state index contributed by atoms with van der Waals surface area (Å²) in [7, 11) is 0. The Hall–Kier alpha value is -1.67. The molecule has 2 heteroatoms. The molecule has 19 heavy (non-hydrogen) atoms. The molecule has 0 amide bonds. The molecular weight excluding hydrogens is 298 g/mol. The third-order valence-electron chi connectivity index (χ3n) is 3.24. The van der Waals surface area contributed by atoms with E-state index in [-0.39, 0.29) is 0 Å². The molecule has 0 unspecified atom stereocenters. The second kappa shape index (κ2) is 5.54.